The van der Waals surface area contributed by atoms with Gasteiger partial charge in [0.05, 0.1) is 6.54 Å². The van der Waals surface area contributed by atoms with Crippen LogP contribution in [0.15, 0.2) is 24.3 Å². The number of unbranched alkanes of at least 4 members (excludes halogenated alkanes) is 4. The molecular formula is C28H41NO2. The molecule has 0 saturated carbocycles. The Kier molecular flexibility index (Phi) is 9.61. The lowest BCUT2D eigenvalue weighted by Gasteiger charge is -2.21. The quantitative estimate of drug-likeness (QED) is 0.282. The first-order valence-electron chi connectivity index (χ1n) is 11.8. The van der Waals surface area contributed by atoms with Crippen LogP contribution in [-0.2, 0) is 9.53 Å². The van der Waals surface area contributed by atoms with Crippen molar-refractivity contribution in [2.24, 2.45) is 0 Å². The molecule has 31 heavy (non-hydrogen) atoms. The average molecular weight is 424 g/mol. The lowest BCUT2D eigenvalue weighted by molar-refractivity contribution is -0.143. The van der Waals surface area contributed by atoms with E-state index in [0.29, 0.717) is 19.6 Å². The second-order valence-electron chi connectivity index (χ2n) is 8.85. The molecule has 0 heterocycles. The second-order valence-corrected chi connectivity index (χ2v) is 8.85. The summed E-state index contributed by atoms with van der Waals surface area (Å²) in [7, 11) is 2.05. The van der Waals surface area contributed by atoms with Crippen LogP contribution >= 0.6 is 0 Å². The van der Waals surface area contributed by atoms with Gasteiger partial charge < -0.3 is 9.64 Å². The first kappa shape index (κ1) is 25.0. The summed E-state index contributed by atoms with van der Waals surface area (Å²) >= 11 is 0. The third-order valence-corrected chi connectivity index (χ3v) is 6.77. The molecule has 0 unspecified atom stereocenters. The van der Waals surface area contributed by atoms with Gasteiger partial charge in [-0.1, -0.05) is 44.7 Å². The number of anilines is 1. The monoisotopic (exact) mass is 423 g/mol. The topological polar surface area (TPSA) is 29.5 Å². The van der Waals surface area contributed by atoms with E-state index in [1.165, 1.54) is 58.2 Å². The molecule has 2 aromatic carbocycles. The van der Waals surface area contributed by atoms with Gasteiger partial charge in [-0.15, -0.1) is 0 Å². The Bertz CT molecular complexity index is 839. The Hall–Kier alpha value is -2.29. The molecule has 170 valence electrons. The van der Waals surface area contributed by atoms with Gasteiger partial charge in [0.15, 0.2) is 0 Å². The van der Waals surface area contributed by atoms with Crippen LogP contribution < -0.4 is 4.90 Å². The fourth-order valence-corrected chi connectivity index (χ4v) is 4.19. The summed E-state index contributed by atoms with van der Waals surface area (Å²) in [5, 5.41) is 0. The maximum atomic E-state index is 11.9. The number of carbonyl (C=O) groups is 1. The number of benzene rings is 2. The Morgan fingerprint density at radius 2 is 1.35 bits per heavy atom. The first-order valence-corrected chi connectivity index (χ1v) is 11.8. The molecule has 0 aliphatic rings. The summed E-state index contributed by atoms with van der Waals surface area (Å²) < 4.78 is 5.42. The van der Waals surface area contributed by atoms with Crippen molar-refractivity contribution in [1.82, 2.24) is 0 Å². The molecule has 0 aromatic heterocycles. The number of nitrogens with zero attached hydrogens (tertiary/aromatic N) is 1. The van der Waals surface area contributed by atoms with Crippen LogP contribution in [-0.4, -0.2) is 26.2 Å². The van der Waals surface area contributed by atoms with Gasteiger partial charge in [-0.3, -0.25) is 4.79 Å². The first-order chi connectivity index (χ1) is 14.8. The highest BCUT2D eigenvalue weighted by molar-refractivity contribution is 5.75. The van der Waals surface area contributed by atoms with Gasteiger partial charge in [0.25, 0.3) is 0 Å². The van der Waals surface area contributed by atoms with Gasteiger partial charge in [-0.05, 0) is 92.1 Å². The Morgan fingerprint density at radius 3 is 1.94 bits per heavy atom. The molecule has 3 nitrogen and oxygen atoms in total. The minimum atomic E-state index is -0.0729. The predicted octanol–water partition coefficient (Wildman–Crippen LogP) is 7.24. The van der Waals surface area contributed by atoms with Crippen molar-refractivity contribution >= 4 is 11.7 Å². The summed E-state index contributed by atoms with van der Waals surface area (Å²) in [5.74, 6) is -0.0729. The zero-order chi connectivity index (χ0) is 23.0. The number of rotatable bonds is 11. The molecule has 2 rings (SSSR count). The van der Waals surface area contributed by atoms with Crippen LogP contribution in [0.3, 0.4) is 0 Å². The van der Waals surface area contributed by atoms with Gasteiger partial charge in [-0.2, -0.15) is 0 Å². The average Bonchev–Trinajstić information content (AvgIpc) is 2.76. The fourth-order valence-electron chi connectivity index (χ4n) is 4.19. The molecule has 0 saturated heterocycles. The molecule has 2 aromatic rings. The van der Waals surface area contributed by atoms with E-state index in [1.54, 1.807) is 0 Å². The Balaban J connectivity index is 1.92. The fraction of sp³-hybridized carbons (Fsp3) is 0.536. The van der Waals surface area contributed by atoms with Gasteiger partial charge in [0, 0.05) is 19.2 Å². The minimum absolute atomic E-state index is 0.0729. The summed E-state index contributed by atoms with van der Waals surface area (Å²) in [6, 6.07) is 8.73. The molecule has 3 heteroatoms. The summed E-state index contributed by atoms with van der Waals surface area (Å²) in [6.45, 7) is 14.4. The molecule has 0 bridgehead atoms. The highest BCUT2D eigenvalue weighted by Gasteiger charge is 2.14. The standard InChI is InChI=1S/C28H41NO2/c1-8-9-10-11-12-13-27(30)31-19-18-29(7)26-16-14-25(15-17-26)28-23(5)21(3)20(2)22(4)24(28)6/h14-17H,8-13,18-19H2,1-7H3. The van der Waals surface area contributed by atoms with Gasteiger partial charge in [-0.25, -0.2) is 0 Å². The molecular weight excluding hydrogens is 382 g/mol. The van der Waals surface area contributed by atoms with Crippen LogP contribution in [0.1, 0.15) is 73.3 Å². The molecule has 0 amide bonds. The van der Waals surface area contributed by atoms with Gasteiger partial charge >= 0.3 is 5.97 Å². The van der Waals surface area contributed by atoms with Crippen molar-refractivity contribution in [3.8, 4) is 11.1 Å². The third kappa shape index (κ3) is 6.59. The van der Waals surface area contributed by atoms with Crippen molar-refractivity contribution < 1.29 is 9.53 Å². The SMILES string of the molecule is CCCCCCCC(=O)OCCN(C)c1ccc(-c2c(C)c(C)c(C)c(C)c2C)cc1. The number of esters is 1. The van der Waals surface area contributed by atoms with Crippen LogP contribution in [0.25, 0.3) is 11.1 Å². The van der Waals surface area contributed by atoms with Crippen molar-refractivity contribution in [1.29, 1.82) is 0 Å². The van der Waals surface area contributed by atoms with E-state index in [-0.39, 0.29) is 5.97 Å². The lowest BCUT2D eigenvalue weighted by Crippen LogP contribution is -2.23. The minimum Gasteiger partial charge on any atom is -0.464 e. The lowest BCUT2D eigenvalue weighted by atomic mass is 9.86. The smallest absolute Gasteiger partial charge is 0.305 e. The van der Waals surface area contributed by atoms with Crippen molar-refractivity contribution in [2.45, 2.75) is 80.1 Å². The van der Waals surface area contributed by atoms with E-state index in [1.807, 2.05) is 7.05 Å². The van der Waals surface area contributed by atoms with Crippen molar-refractivity contribution in [3.63, 3.8) is 0 Å². The van der Waals surface area contributed by atoms with E-state index < -0.39 is 0 Å². The summed E-state index contributed by atoms with van der Waals surface area (Å²) in [5.41, 5.74) is 10.6. The Labute approximate surface area is 189 Å². The van der Waals surface area contributed by atoms with Gasteiger partial charge in [0.2, 0.25) is 0 Å². The zero-order valence-corrected chi connectivity index (χ0v) is 20.7. The van der Waals surface area contributed by atoms with Crippen LogP contribution in [0.5, 0.6) is 0 Å². The van der Waals surface area contributed by atoms with Crippen LogP contribution in [0.2, 0.25) is 0 Å². The second kappa shape index (κ2) is 11.9. The summed E-state index contributed by atoms with van der Waals surface area (Å²) in [4.78, 5) is 14.0. The molecule has 0 aliphatic heterocycles. The highest BCUT2D eigenvalue weighted by Crippen LogP contribution is 2.34. The van der Waals surface area contributed by atoms with E-state index in [9.17, 15) is 4.79 Å². The number of ether oxygens (including phenoxy) is 1. The van der Waals surface area contributed by atoms with Crippen LogP contribution in [0, 0.1) is 34.6 Å². The molecule has 0 aliphatic carbocycles. The van der Waals surface area contributed by atoms with E-state index in [4.69, 9.17) is 4.74 Å². The zero-order valence-electron chi connectivity index (χ0n) is 20.7. The van der Waals surface area contributed by atoms with Crippen LogP contribution in [0.4, 0.5) is 5.69 Å². The third-order valence-electron chi connectivity index (χ3n) is 6.77. The number of carbonyl (C=O) groups excluding carboxylic acids is 1. The highest BCUT2D eigenvalue weighted by atomic mass is 16.5. The number of likely N-dealkylation sites (N-methyl/N-ethyl adjacent to an activating group) is 1. The maximum Gasteiger partial charge on any atom is 0.305 e. The molecule has 0 atom stereocenters. The van der Waals surface area contributed by atoms with E-state index >= 15 is 0 Å². The largest absolute Gasteiger partial charge is 0.464 e. The molecule has 0 N–H and O–H groups in total. The normalized spacial score (nSPS) is 10.9. The predicted molar refractivity (Wildman–Crippen MR) is 133 cm³/mol. The van der Waals surface area contributed by atoms with Gasteiger partial charge in [0.1, 0.15) is 6.61 Å². The van der Waals surface area contributed by atoms with Crippen molar-refractivity contribution in [2.75, 3.05) is 25.1 Å². The van der Waals surface area contributed by atoms with Crippen molar-refractivity contribution in [3.05, 3.63) is 52.1 Å². The Morgan fingerprint density at radius 1 is 0.806 bits per heavy atom. The van der Waals surface area contributed by atoms with E-state index in [0.717, 1.165) is 18.5 Å². The molecule has 0 fully saturated rings. The van der Waals surface area contributed by atoms with E-state index in [2.05, 4.69) is 70.7 Å². The summed E-state index contributed by atoms with van der Waals surface area (Å²) in [6.07, 6.45) is 6.28. The molecule has 0 spiro atoms. The number of hydrogen-bond acceptors (Lipinski definition) is 3. The number of hydrogen-bond donors (Lipinski definition) is 0. The molecule has 0 radical (unpaired) electrons. The maximum absolute atomic E-state index is 11.9.